The van der Waals surface area contributed by atoms with E-state index in [9.17, 15) is 0 Å². The first-order chi connectivity index (χ1) is 5.38. The second-order valence-corrected chi connectivity index (χ2v) is 2.62. The fourth-order valence-electron chi connectivity index (χ4n) is 1.24. The van der Waals surface area contributed by atoms with Crippen molar-refractivity contribution in [3.8, 4) is 0 Å². The molecular formula is C11H14. The SMILES string of the molecule is C=CCCC1=CC=CC1=CC. The van der Waals surface area contributed by atoms with Crippen molar-refractivity contribution < 1.29 is 0 Å². The largest absolute Gasteiger partial charge is 0.103 e. The van der Waals surface area contributed by atoms with Gasteiger partial charge in [0.1, 0.15) is 0 Å². The van der Waals surface area contributed by atoms with Gasteiger partial charge >= 0.3 is 0 Å². The van der Waals surface area contributed by atoms with E-state index in [1.54, 1.807) is 0 Å². The molecule has 0 nitrogen and oxygen atoms in total. The van der Waals surface area contributed by atoms with Gasteiger partial charge in [0, 0.05) is 0 Å². The van der Waals surface area contributed by atoms with E-state index in [-0.39, 0.29) is 0 Å². The van der Waals surface area contributed by atoms with Crippen LogP contribution in [0.1, 0.15) is 19.8 Å². The third kappa shape index (κ3) is 1.94. The van der Waals surface area contributed by atoms with Gasteiger partial charge in [-0.15, -0.1) is 6.58 Å². The minimum Gasteiger partial charge on any atom is -0.103 e. The third-order valence-corrected chi connectivity index (χ3v) is 1.87. The molecule has 0 heterocycles. The van der Waals surface area contributed by atoms with E-state index in [2.05, 4.69) is 37.8 Å². The first-order valence-electron chi connectivity index (χ1n) is 4.03. The molecule has 0 fully saturated rings. The van der Waals surface area contributed by atoms with Crippen molar-refractivity contribution in [1.29, 1.82) is 0 Å². The average molecular weight is 146 g/mol. The first-order valence-corrected chi connectivity index (χ1v) is 4.03. The van der Waals surface area contributed by atoms with Crippen LogP contribution in [-0.2, 0) is 0 Å². The fraction of sp³-hybridized carbons (Fsp3) is 0.273. The molecule has 0 bridgehead atoms. The Morgan fingerprint density at radius 3 is 3.00 bits per heavy atom. The summed E-state index contributed by atoms with van der Waals surface area (Å²) in [5.41, 5.74) is 2.80. The van der Waals surface area contributed by atoms with Crippen molar-refractivity contribution in [3.63, 3.8) is 0 Å². The van der Waals surface area contributed by atoms with Crippen molar-refractivity contribution in [3.05, 3.63) is 48.1 Å². The topological polar surface area (TPSA) is 0 Å². The summed E-state index contributed by atoms with van der Waals surface area (Å²) in [7, 11) is 0. The summed E-state index contributed by atoms with van der Waals surface area (Å²) < 4.78 is 0. The highest BCUT2D eigenvalue weighted by molar-refractivity contribution is 5.47. The van der Waals surface area contributed by atoms with Gasteiger partial charge in [-0.3, -0.25) is 0 Å². The van der Waals surface area contributed by atoms with Crippen LogP contribution in [0.5, 0.6) is 0 Å². The Morgan fingerprint density at radius 1 is 1.55 bits per heavy atom. The van der Waals surface area contributed by atoms with Gasteiger partial charge in [0.05, 0.1) is 0 Å². The molecule has 0 unspecified atom stereocenters. The van der Waals surface area contributed by atoms with Crippen LogP contribution in [0.2, 0.25) is 0 Å². The van der Waals surface area contributed by atoms with Gasteiger partial charge in [-0.2, -0.15) is 0 Å². The molecule has 0 radical (unpaired) electrons. The minimum atomic E-state index is 1.07. The molecule has 0 spiro atoms. The van der Waals surface area contributed by atoms with E-state index in [1.165, 1.54) is 11.1 Å². The second kappa shape index (κ2) is 3.97. The maximum absolute atomic E-state index is 3.71. The molecule has 0 heteroatoms. The Balaban J connectivity index is 2.54. The standard InChI is InChI=1S/C11H14/c1-3-5-7-11-9-6-8-10(11)4-2/h3-4,6,8-9H,1,5,7H2,2H3. The Bertz CT molecular complexity index is 226. The molecule has 0 aromatic carbocycles. The van der Waals surface area contributed by atoms with Gasteiger partial charge in [0.25, 0.3) is 0 Å². The fourth-order valence-corrected chi connectivity index (χ4v) is 1.24. The highest BCUT2D eigenvalue weighted by atomic mass is 14.1. The van der Waals surface area contributed by atoms with Crippen LogP contribution in [0, 0.1) is 0 Å². The molecule has 0 atom stereocenters. The van der Waals surface area contributed by atoms with E-state index in [0.29, 0.717) is 0 Å². The number of allylic oxidation sites excluding steroid dienone is 7. The summed E-state index contributed by atoms with van der Waals surface area (Å²) in [6.07, 6.45) is 12.7. The maximum atomic E-state index is 3.71. The van der Waals surface area contributed by atoms with Gasteiger partial charge in [-0.25, -0.2) is 0 Å². The molecule has 0 amide bonds. The zero-order valence-electron chi connectivity index (χ0n) is 7.01. The van der Waals surface area contributed by atoms with E-state index in [4.69, 9.17) is 0 Å². The average Bonchev–Trinajstić information content (AvgIpc) is 2.47. The molecule has 1 aliphatic rings. The van der Waals surface area contributed by atoms with Gasteiger partial charge < -0.3 is 0 Å². The lowest BCUT2D eigenvalue weighted by Crippen LogP contribution is -1.81. The Labute approximate surface area is 68.6 Å². The van der Waals surface area contributed by atoms with E-state index in [1.807, 2.05) is 6.08 Å². The van der Waals surface area contributed by atoms with Crippen molar-refractivity contribution in [2.75, 3.05) is 0 Å². The quantitative estimate of drug-likeness (QED) is 0.535. The van der Waals surface area contributed by atoms with Crippen molar-refractivity contribution in [1.82, 2.24) is 0 Å². The predicted molar refractivity (Wildman–Crippen MR) is 50.4 cm³/mol. The summed E-state index contributed by atoms with van der Waals surface area (Å²) in [5.74, 6) is 0. The van der Waals surface area contributed by atoms with Crippen LogP contribution in [0.4, 0.5) is 0 Å². The monoisotopic (exact) mass is 146 g/mol. The summed E-state index contributed by atoms with van der Waals surface area (Å²) in [6, 6.07) is 0. The molecule has 0 N–H and O–H groups in total. The Morgan fingerprint density at radius 2 is 2.36 bits per heavy atom. The maximum Gasteiger partial charge on any atom is -0.0238 e. The second-order valence-electron chi connectivity index (χ2n) is 2.62. The van der Waals surface area contributed by atoms with Crippen LogP contribution in [-0.4, -0.2) is 0 Å². The molecule has 58 valence electrons. The van der Waals surface area contributed by atoms with Crippen LogP contribution in [0.25, 0.3) is 0 Å². The smallest absolute Gasteiger partial charge is 0.0238 e. The number of hydrogen-bond donors (Lipinski definition) is 0. The summed E-state index contributed by atoms with van der Waals surface area (Å²) >= 11 is 0. The molecule has 0 aromatic heterocycles. The first kappa shape index (κ1) is 8.06. The lowest BCUT2D eigenvalue weighted by atomic mass is 10.0. The Hall–Kier alpha value is -1.04. The highest BCUT2D eigenvalue weighted by Crippen LogP contribution is 2.22. The summed E-state index contributed by atoms with van der Waals surface area (Å²) in [6.45, 7) is 5.78. The minimum absolute atomic E-state index is 1.07. The summed E-state index contributed by atoms with van der Waals surface area (Å²) in [5, 5.41) is 0. The summed E-state index contributed by atoms with van der Waals surface area (Å²) in [4.78, 5) is 0. The molecule has 1 rings (SSSR count). The number of hydrogen-bond acceptors (Lipinski definition) is 0. The van der Waals surface area contributed by atoms with Crippen molar-refractivity contribution in [2.45, 2.75) is 19.8 Å². The van der Waals surface area contributed by atoms with Crippen LogP contribution >= 0.6 is 0 Å². The number of rotatable bonds is 3. The Kier molecular flexibility index (Phi) is 2.91. The van der Waals surface area contributed by atoms with Gasteiger partial charge in [0.2, 0.25) is 0 Å². The van der Waals surface area contributed by atoms with Gasteiger partial charge in [0.15, 0.2) is 0 Å². The van der Waals surface area contributed by atoms with Crippen LogP contribution in [0.3, 0.4) is 0 Å². The molecule has 1 aliphatic carbocycles. The van der Waals surface area contributed by atoms with E-state index >= 15 is 0 Å². The lowest BCUT2D eigenvalue weighted by Gasteiger charge is -2.00. The van der Waals surface area contributed by atoms with Crippen LogP contribution in [0.15, 0.2) is 48.1 Å². The van der Waals surface area contributed by atoms with Crippen molar-refractivity contribution in [2.24, 2.45) is 0 Å². The zero-order chi connectivity index (χ0) is 8.10. The third-order valence-electron chi connectivity index (χ3n) is 1.87. The zero-order valence-corrected chi connectivity index (χ0v) is 7.01. The van der Waals surface area contributed by atoms with Crippen LogP contribution < -0.4 is 0 Å². The molecule has 0 saturated heterocycles. The van der Waals surface area contributed by atoms with Gasteiger partial charge in [-0.1, -0.05) is 30.4 Å². The van der Waals surface area contributed by atoms with E-state index < -0.39 is 0 Å². The predicted octanol–water partition coefficient (Wildman–Crippen LogP) is 3.40. The molecule has 0 saturated carbocycles. The molecule has 0 aliphatic heterocycles. The van der Waals surface area contributed by atoms with Gasteiger partial charge in [-0.05, 0) is 30.9 Å². The molecular weight excluding hydrogens is 132 g/mol. The lowest BCUT2D eigenvalue weighted by molar-refractivity contribution is 1.00. The molecule has 0 aromatic rings. The van der Waals surface area contributed by atoms with Crippen molar-refractivity contribution >= 4 is 0 Å². The van der Waals surface area contributed by atoms with E-state index in [0.717, 1.165) is 12.8 Å². The highest BCUT2D eigenvalue weighted by Gasteiger charge is 2.02. The normalized spacial score (nSPS) is 19.0. The molecule has 11 heavy (non-hydrogen) atoms.